The first-order valence-electron chi connectivity index (χ1n) is 5.37. The molecule has 0 saturated heterocycles. The molecule has 2 aromatic heterocycles. The maximum Gasteiger partial charge on any atom is 0.238 e. The number of fused-ring (bicyclic) bond motifs is 1. The van der Waals surface area contributed by atoms with Crippen LogP contribution in [-0.2, 0) is 10.0 Å². The van der Waals surface area contributed by atoms with Crippen molar-refractivity contribution < 1.29 is 8.42 Å². The Hall–Kier alpha value is -1.83. The van der Waals surface area contributed by atoms with E-state index in [-0.39, 0.29) is 4.90 Å². The Labute approximate surface area is 113 Å². The van der Waals surface area contributed by atoms with Crippen molar-refractivity contribution in [3.05, 3.63) is 42.0 Å². The molecule has 0 unspecified atom stereocenters. The summed E-state index contributed by atoms with van der Waals surface area (Å²) >= 11 is 1.45. The Morgan fingerprint density at radius 3 is 2.63 bits per heavy atom. The summed E-state index contributed by atoms with van der Waals surface area (Å²) in [6.07, 6.45) is 3.36. The SMILES string of the molecule is NS(=O)(=O)c1ccc2ccnc(-c3nccs3)c2c1. The van der Waals surface area contributed by atoms with Gasteiger partial charge in [0.25, 0.3) is 0 Å². The molecule has 0 fully saturated rings. The zero-order valence-corrected chi connectivity index (χ0v) is 11.3. The minimum Gasteiger partial charge on any atom is -0.253 e. The molecule has 3 rings (SSSR count). The summed E-state index contributed by atoms with van der Waals surface area (Å²) in [5.41, 5.74) is 0.665. The molecule has 0 bridgehead atoms. The first-order valence-corrected chi connectivity index (χ1v) is 7.80. The Balaban J connectivity index is 2.35. The van der Waals surface area contributed by atoms with Crippen LogP contribution in [0.25, 0.3) is 21.5 Å². The highest BCUT2D eigenvalue weighted by Gasteiger charge is 2.12. The quantitative estimate of drug-likeness (QED) is 0.782. The molecule has 0 spiro atoms. The number of rotatable bonds is 2. The highest BCUT2D eigenvalue weighted by atomic mass is 32.2. The number of primary sulfonamides is 1. The lowest BCUT2D eigenvalue weighted by molar-refractivity contribution is 0.598. The fourth-order valence-corrected chi connectivity index (χ4v) is 3.02. The highest BCUT2D eigenvalue weighted by Crippen LogP contribution is 2.29. The number of benzene rings is 1. The van der Waals surface area contributed by atoms with Gasteiger partial charge in [-0.15, -0.1) is 11.3 Å². The summed E-state index contributed by atoms with van der Waals surface area (Å²) in [5, 5.41) is 9.37. The molecule has 2 N–H and O–H groups in total. The van der Waals surface area contributed by atoms with Crippen molar-refractivity contribution in [3.8, 4) is 10.7 Å². The normalized spacial score (nSPS) is 11.8. The Bertz CT molecular complexity index is 843. The van der Waals surface area contributed by atoms with Crippen LogP contribution in [0.3, 0.4) is 0 Å². The lowest BCUT2D eigenvalue weighted by Gasteiger charge is -2.05. The van der Waals surface area contributed by atoms with Crippen LogP contribution < -0.4 is 5.14 Å². The van der Waals surface area contributed by atoms with Crippen LogP contribution in [0.5, 0.6) is 0 Å². The monoisotopic (exact) mass is 291 g/mol. The first kappa shape index (κ1) is 12.2. The van der Waals surface area contributed by atoms with E-state index in [0.717, 1.165) is 15.8 Å². The van der Waals surface area contributed by atoms with E-state index in [9.17, 15) is 8.42 Å². The van der Waals surface area contributed by atoms with Gasteiger partial charge in [0.2, 0.25) is 10.0 Å². The van der Waals surface area contributed by atoms with Crippen molar-refractivity contribution in [3.63, 3.8) is 0 Å². The van der Waals surface area contributed by atoms with E-state index in [2.05, 4.69) is 9.97 Å². The average Bonchev–Trinajstić information content (AvgIpc) is 2.90. The average molecular weight is 291 g/mol. The van der Waals surface area contributed by atoms with Gasteiger partial charge in [-0.2, -0.15) is 0 Å². The molecule has 0 radical (unpaired) electrons. The van der Waals surface area contributed by atoms with E-state index in [1.807, 2.05) is 11.4 Å². The molecule has 1 aromatic carbocycles. The molecule has 2 heterocycles. The van der Waals surface area contributed by atoms with Gasteiger partial charge < -0.3 is 0 Å². The van der Waals surface area contributed by atoms with Crippen molar-refractivity contribution in [2.45, 2.75) is 4.90 Å². The van der Waals surface area contributed by atoms with E-state index in [4.69, 9.17) is 5.14 Å². The van der Waals surface area contributed by atoms with Gasteiger partial charge in [-0.25, -0.2) is 18.5 Å². The maximum atomic E-state index is 11.4. The standard InChI is InChI=1S/C12H9N3O2S2/c13-19(16,17)9-2-1-8-3-4-14-11(10(8)7-9)12-15-5-6-18-12/h1-7H,(H2,13,16,17). The van der Waals surface area contributed by atoms with Crippen LogP contribution >= 0.6 is 11.3 Å². The molecule has 0 aliphatic carbocycles. The second-order valence-corrected chi connectivity index (χ2v) is 6.38. The van der Waals surface area contributed by atoms with Crippen LogP contribution in [0, 0.1) is 0 Å². The maximum absolute atomic E-state index is 11.4. The predicted octanol–water partition coefficient (Wildman–Crippen LogP) is 2.01. The minimum absolute atomic E-state index is 0.0748. The third kappa shape index (κ3) is 2.23. The Morgan fingerprint density at radius 1 is 1.11 bits per heavy atom. The third-order valence-electron chi connectivity index (χ3n) is 2.70. The Kier molecular flexibility index (Phi) is 2.81. The van der Waals surface area contributed by atoms with Gasteiger partial charge in [-0.05, 0) is 23.6 Å². The smallest absolute Gasteiger partial charge is 0.238 e. The van der Waals surface area contributed by atoms with Crippen LogP contribution in [0.1, 0.15) is 0 Å². The Morgan fingerprint density at radius 2 is 1.95 bits per heavy atom. The lowest BCUT2D eigenvalue weighted by atomic mass is 10.1. The molecular weight excluding hydrogens is 282 g/mol. The number of pyridine rings is 1. The van der Waals surface area contributed by atoms with Gasteiger partial charge in [0.15, 0.2) is 0 Å². The van der Waals surface area contributed by atoms with Crippen molar-refractivity contribution in [2.24, 2.45) is 5.14 Å². The summed E-state index contributed by atoms with van der Waals surface area (Å²) in [6.45, 7) is 0. The number of hydrogen-bond acceptors (Lipinski definition) is 5. The molecule has 5 nitrogen and oxygen atoms in total. The predicted molar refractivity (Wildman–Crippen MR) is 74.2 cm³/mol. The second kappa shape index (κ2) is 4.37. The van der Waals surface area contributed by atoms with Crippen LogP contribution in [0.2, 0.25) is 0 Å². The summed E-state index contributed by atoms with van der Waals surface area (Å²) in [5.74, 6) is 0. The summed E-state index contributed by atoms with van der Waals surface area (Å²) in [4.78, 5) is 8.56. The number of sulfonamides is 1. The lowest BCUT2D eigenvalue weighted by Crippen LogP contribution is -2.11. The molecular formula is C12H9N3O2S2. The molecule has 3 aromatic rings. The highest BCUT2D eigenvalue weighted by molar-refractivity contribution is 7.89. The van der Waals surface area contributed by atoms with E-state index < -0.39 is 10.0 Å². The van der Waals surface area contributed by atoms with Gasteiger partial charge in [-0.3, -0.25) is 4.98 Å². The van der Waals surface area contributed by atoms with Gasteiger partial charge in [0.1, 0.15) is 10.7 Å². The number of aromatic nitrogens is 2. The van der Waals surface area contributed by atoms with Gasteiger partial charge in [0.05, 0.1) is 4.90 Å². The molecule has 0 saturated carbocycles. The van der Waals surface area contributed by atoms with E-state index in [1.165, 1.54) is 23.5 Å². The zero-order chi connectivity index (χ0) is 13.5. The number of nitrogens with two attached hydrogens (primary N) is 1. The summed E-state index contributed by atoms with van der Waals surface area (Å²) in [7, 11) is -3.72. The largest absolute Gasteiger partial charge is 0.253 e. The van der Waals surface area contributed by atoms with Crippen molar-refractivity contribution in [1.82, 2.24) is 9.97 Å². The van der Waals surface area contributed by atoms with Gasteiger partial charge in [-0.1, -0.05) is 6.07 Å². The molecule has 0 amide bonds. The third-order valence-corrected chi connectivity index (χ3v) is 4.39. The number of nitrogens with zero attached hydrogens (tertiary/aromatic N) is 2. The molecule has 0 atom stereocenters. The van der Waals surface area contributed by atoms with Crippen molar-refractivity contribution in [1.29, 1.82) is 0 Å². The topological polar surface area (TPSA) is 85.9 Å². The minimum atomic E-state index is -3.72. The van der Waals surface area contributed by atoms with E-state index in [1.54, 1.807) is 18.5 Å². The van der Waals surface area contributed by atoms with Crippen LogP contribution in [0.4, 0.5) is 0 Å². The molecule has 7 heteroatoms. The summed E-state index contributed by atoms with van der Waals surface area (Å²) in [6, 6.07) is 6.56. The number of thiazole rings is 1. The van der Waals surface area contributed by atoms with Crippen LogP contribution in [-0.4, -0.2) is 18.4 Å². The van der Waals surface area contributed by atoms with Gasteiger partial charge >= 0.3 is 0 Å². The van der Waals surface area contributed by atoms with Crippen molar-refractivity contribution >= 4 is 32.1 Å². The van der Waals surface area contributed by atoms with E-state index >= 15 is 0 Å². The molecule has 19 heavy (non-hydrogen) atoms. The van der Waals surface area contributed by atoms with Crippen molar-refractivity contribution in [2.75, 3.05) is 0 Å². The molecule has 96 valence electrons. The second-order valence-electron chi connectivity index (χ2n) is 3.92. The number of hydrogen-bond donors (Lipinski definition) is 1. The fraction of sp³-hybridized carbons (Fsp3) is 0. The summed E-state index contributed by atoms with van der Waals surface area (Å²) < 4.78 is 22.8. The molecule has 0 aliphatic heterocycles. The fourth-order valence-electron chi connectivity index (χ4n) is 1.84. The van der Waals surface area contributed by atoms with Gasteiger partial charge in [0, 0.05) is 23.2 Å². The zero-order valence-electron chi connectivity index (χ0n) is 9.65. The molecule has 0 aliphatic rings. The van der Waals surface area contributed by atoms with Crippen LogP contribution in [0.15, 0.2) is 46.9 Å². The first-order chi connectivity index (χ1) is 9.05. The van der Waals surface area contributed by atoms with E-state index in [0.29, 0.717) is 5.69 Å².